The molecule has 0 saturated carbocycles. The fraction of sp³-hybridized carbons (Fsp3) is 0.406. The molecule has 5 rings (SSSR count). The van der Waals surface area contributed by atoms with E-state index in [0.717, 1.165) is 24.3 Å². The molecule has 1 N–H and O–H groups in total. The average Bonchev–Trinajstić information content (AvgIpc) is 3.35. The molecule has 2 aromatic carbocycles. The molecule has 2 aliphatic rings. The molecular formula is C32H33F5N4O5. The van der Waals surface area contributed by atoms with Crippen LogP contribution in [0.3, 0.4) is 0 Å². The summed E-state index contributed by atoms with van der Waals surface area (Å²) in [4.78, 5) is 35.3. The summed E-state index contributed by atoms with van der Waals surface area (Å²) in [5.41, 5.74) is 0.230. The van der Waals surface area contributed by atoms with E-state index in [1.807, 2.05) is 4.90 Å². The highest BCUT2D eigenvalue weighted by molar-refractivity contribution is 6.04. The molecule has 2 fully saturated rings. The number of hydrogen-bond acceptors (Lipinski definition) is 7. The minimum Gasteiger partial charge on any atom is -0.497 e. The number of nitrogens with zero attached hydrogens (tertiary/aromatic N) is 3. The van der Waals surface area contributed by atoms with Gasteiger partial charge in [-0.05, 0) is 50.2 Å². The number of amides is 2. The van der Waals surface area contributed by atoms with Crippen LogP contribution in [0.2, 0.25) is 0 Å². The first-order valence-electron chi connectivity index (χ1n) is 14.7. The number of rotatable bonds is 11. The number of alkyl halides is 3. The Morgan fingerprint density at radius 3 is 2.20 bits per heavy atom. The first-order valence-corrected chi connectivity index (χ1v) is 14.7. The number of pyridine rings is 1. The molecule has 1 unspecified atom stereocenters. The Morgan fingerprint density at radius 2 is 1.61 bits per heavy atom. The lowest BCUT2D eigenvalue weighted by atomic mass is 9.92. The van der Waals surface area contributed by atoms with Crippen LogP contribution < -0.4 is 24.4 Å². The van der Waals surface area contributed by atoms with E-state index in [1.54, 1.807) is 6.07 Å². The molecule has 2 aliphatic heterocycles. The Balaban J connectivity index is 1.47. The van der Waals surface area contributed by atoms with Crippen molar-refractivity contribution in [3.8, 4) is 17.2 Å². The van der Waals surface area contributed by atoms with E-state index in [0.29, 0.717) is 43.9 Å². The topological polar surface area (TPSA) is 93.2 Å². The summed E-state index contributed by atoms with van der Waals surface area (Å²) < 4.78 is 83.6. The number of halogens is 5. The Kier molecular flexibility index (Phi) is 10.2. The molecule has 246 valence electrons. The van der Waals surface area contributed by atoms with Gasteiger partial charge in [-0.1, -0.05) is 0 Å². The SMILES string of the molecule is COc1cc(C2CCN(CCF)CC2)nc(N2C[C@@H](c3c(F)cc(OC)cc3F)C(NC(=O)c3ccc(OC(F)F)cc3)C2=O)c1. The van der Waals surface area contributed by atoms with Crippen molar-refractivity contribution in [1.82, 2.24) is 15.2 Å². The number of ether oxygens (including phenoxy) is 3. The van der Waals surface area contributed by atoms with Crippen LogP contribution in [0.15, 0.2) is 48.5 Å². The molecule has 0 bridgehead atoms. The van der Waals surface area contributed by atoms with Crippen LogP contribution in [0.5, 0.6) is 17.2 Å². The van der Waals surface area contributed by atoms with Crippen molar-refractivity contribution in [1.29, 1.82) is 0 Å². The second-order valence-corrected chi connectivity index (χ2v) is 11.0. The number of carbonyl (C=O) groups excluding carboxylic acids is 2. The van der Waals surface area contributed by atoms with E-state index in [9.17, 15) is 22.8 Å². The Hall–Kier alpha value is -4.46. The van der Waals surface area contributed by atoms with Crippen molar-refractivity contribution in [2.45, 2.75) is 37.3 Å². The smallest absolute Gasteiger partial charge is 0.387 e. The van der Waals surface area contributed by atoms with Gasteiger partial charge in [0.15, 0.2) is 0 Å². The van der Waals surface area contributed by atoms with Gasteiger partial charge in [0.25, 0.3) is 11.8 Å². The summed E-state index contributed by atoms with van der Waals surface area (Å²) in [6.07, 6.45) is 1.41. The van der Waals surface area contributed by atoms with Gasteiger partial charge in [-0.3, -0.25) is 14.5 Å². The average molecular weight is 649 g/mol. The van der Waals surface area contributed by atoms with Crippen LogP contribution in [0, 0.1) is 11.6 Å². The van der Waals surface area contributed by atoms with Gasteiger partial charge in [0.1, 0.15) is 47.4 Å². The van der Waals surface area contributed by atoms with Crippen LogP contribution in [0.4, 0.5) is 27.8 Å². The predicted molar refractivity (Wildman–Crippen MR) is 158 cm³/mol. The Bertz CT molecular complexity index is 1530. The summed E-state index contributed by atoms with van der Waals surface area (Å²) in [5.74, 6) is -4.23. The highest BCUT2D eigenvalue weighted by Gasteiger charge is 2.46. The zero-order valence-electron chi connectivity index (χ0n) is 25.2. The van der Waals surface area contributed by atoms with Crippen molar-refractivity contribution in [3.63, 3.8) is 0 Å². The number of carbonyl (C=O) groups is 2. The zero-order chi connectivity index (χ0) is 33.0. The molecule has 0 radical (unpaired) electrons. The standard InChI is InChI=1S/C32H33F5N4O5/c1-44-21-13-24(34)28(25(35)14-21)23-17-41(31(43)29(23)39-30(42)19-3-5-20(6-4-19)46-32(36)37)27-16-22(45-2)15-26(38-27)18-7-10-40(11-8-18)12-9-33/h3-6,13-16,18,23,29,32H,7-12,17H2,1-2H3,(H,39,42)/t23-,29?/m0/s1. The highest BCUT2D eigenvalue weighted by Crippen LogP contribution is 2.38. The molecule has 3 heterocycles. The fourth-order valence-corrected chi connectivity index (χ4v) is 5.95. The van der Waals surface area contributed by atoms with E-state index in [2.05, 4.69) is 10.1 Å². The van der Waals surface area contributed by atoms with Gasteiger partial charge in [0.2, 0.25) is 0 Å². The van der Waals surface area contributed by atoms with Gasteiger partial charge >= 0.3 is 6.61 Å². The van der Waals surface area contributed by atoms with Crippen molar-refractivity contribution in [2.75, 3.05) is 52.0 Å². The summed E-state index contributed by atoms with van der Waals surface area (Å²) in [5, 5.41) is 2.58. The zero-order valence-corrected chi connectivity index (χ0v) is 25.2. The van der Waals surface area contributed by atoms with E-state index < -0.39 is 54.3 Å². The van der Waals surface area contributed by atoms with E-state index >= 15 is 8.78 Å². The summed E-state index contributed by atoms with van der Waals surface area (Å²) in [6, 6.07) is 8.62. The molecule has 9 nitrogen and oxygen atoms in total. The number of nitrogens with one attached hydrogen (secondary N) is 1. The number of hydrogen-bond donors (Lipinski definition) is 1. The number of piperidine rings is 1. The van der Waals surface area contributed by atoms with Gasteiger partial charge in [-0.2, -0.15) is 8.78 Å². The van der Waals surface area contributed by atoms with Crippen LogP contribution >= 0.6 is 0 Å². The summed E-state index contributed by atoms with van der Waals surface area (Å²) >= 11 is 0. The van der Waals surface area contributed by atoms with Gasteiger partial charge in [0.05, 0.1) is 14.2 Å². The molecule has 2 amide bonds. The van der Waals surface area contributed by atoms with Gasteiger partial charge in [-0.25, -0.2) is 18.2 Å². The first kappa shape index (κ1) is 32.9. The van der Waals surface area contributed by atoms with E-state index in [-0.39, 0.29) is 35.3 Å². The maximum absolute atomic E-state index is 15.4. The van der Waals surface area contributed by atoms with Crippen molar-refractivity contribution in [3.05, 3.63) is 77.0 Å². The molecule has 0 aliphatic carbocycles. The maximum atomic E-state index is 15.4. The number of aromatic nitrogens is 1. The van der Waals surface area contributed by atoms with Crippen LogP contribution in [0.1, 0.15) is 46.3 Å². The summed E-state index contributed by atoms with van der Waals surface area (Å²) in [7, 11) is 2.72. The quantitative estimate of drug-likeness (QED) is 0.291. The van der Waals surface area contributed by atoms with Crippen molar-refractivity contribution in [2.24, 2.45) is 0 Å². The number of likely N-dealkylation sites (tertiary alicyclic amines) is 1. The molecule has 2 saturated heterocycles. The first-order chi connectivity index (χ1) is 22.1. The Labute approximate surface area is 262 Å². The van der Waals surface area contributed by atoms with Gasteiger partial charge in [-0.15, -0.1) is 0 Å². The molecule has 1 aromatic heterocycles. The molecule has 3 aromatic rings. The lowest BCUT2D eigenvalue weighted by Gasteiger charge is -2.31. The Morgan fingerprint density at radius 1 is 0.978 bits per heavy atom. The van der Waals surface area contributed by atoms with Gasteiger partial charge in [0, 0.05) is 66.0 Å². The lowest BCUT2D eigenvalue weighted by Crippen LogP contribution is -2.44. The van der Waals surface area contributed by atoms with Crippen molar-refractivity contribution >= 4 is 17.6 Å². The van der Waals surface area contributed by atoms with Gasteiger partial charge < -0.3 is 24.4 Å². The minimum absolute atomic E-state index is 0.00205. The van der Waals surface area contributed by atoms with E-state index in [1.165, 1.54) is 37.3 Å². The third-order valence-electron chi connectivity index (χ3n) is 8.33. The highest BCUT2D eigenvalue weighted by atomic mass is 19.3. The maximum Gasteiger partial charge on any atom is 0.387 e. The number of benzene rings is 2. The fourth-order valence-electron chi connectivity index (χ4n) is 5.95. The second kappa shape index (κ2) is 14.3. The monoisotopic (exact) mass is 648 g/mol. The van der Waals surface area contributed by atoms with E-state index in [4.69, 9.17) is 14.5 Å². The molecular weight excluding hydrogens is 615 g/mol. The van der Waals surface area contributed by atoms with Crippen LogP contribution in [0.25, 0.3) is 0 Å². The number of anilines is 1. The third-order valence-corrected chi connectivity index (χ3v) is 8.33. The van der Waals surface area contributed by atoms with Crippen LogP contribution in [-0.2, 0) is 4.79 Å². The predicted octanol–water partition coefficient (Wildman–Crippen LogP) is 5.06. The molecule has 14 heteroatoms. The summed E-state index contributed by atoms with van der Waals surface area (Å²) in [6.45, 7) is -2.03. The normalized spacial score (nSPS) is 19.0. The molecule has 0 spiro atoms. The minimum atomic E-state index is -3.06. The van der Waals surface area contributed by atoms with Crippen molar-refractivity contribution < 1.29 is 45.8 Å². The molecule has 46 heavy (non-hydrogen) atoms. The second-order valence-electron chi connectivity index (χ2n) is 11.0. The number of methoxy groups -OCH3 is 2. The van der Waals surface area contributed by atoms with Crippen LogP contribution in [-0.4, -0.2) is 81.4 Å². The molecule has 2 atom stereocenters. The lowest BCUT2D eigenvalue weighted by molar-refractivity contribution is -0.118. The largest absolute Gasteiger partial charge is 0.497 e. The third kappa shape index (κ3) is 7.16.